The molecule has 0 aliphatic carbocycles. The van der Waals surface area contributed by atoms with Crippen molar-refractivity contribution < 1.29 is 8.76 Å². The zero-order valence-electron chi connectivity index (χ0n) is 6.69. The predicted molar refractivity (Wildman–Crippen MR) is 44.0 cm³/mol. The Balaban J connectivity index is 2.46. The van der Waals surface area contributed by atoms with Gasteiger partial charge in [-0.25, -0.2) is 9.22 Å². The van der Waals surface area contributed by atoms with E-state index in [1.807, 2.05) is 11.9 Å². The smallest absolute Gasteiger partial charge is 0.248 e. The molecule has 1 fully saturated rings. The molecule has 0 aromatic heterocycles. The second-order valence-electron chi connectivity index (χ2n) is 2.56. The van der Waals surface area contributed by atoms with Gasteiger partial charge in [0.25, 0.3) is 0 Å². The van der Waals surface area contributed by atoms with E-state index in [0.717, 1.165) is 25.9 Å². The van der Waals surface area contributed by atoms with Crippen molar-refractivity contribution in [2.45, 2.75) is 19.8 Å². The third-order valence-corrected chi connectivity index (χ3v) is 2.70. The molecule has 11 heavy (non-hydrogen) atoms. The van der Waals surface area contributed by atoms with Crippen LogP contribution in [0.5, 0.6) is 0 Å². The fourth-order valence-electron chi connectivity index (χ4n) is 1.33. The van der Waals surface area contributed by atoms with Crippen LogP contribution < -0.4 is 0 Å². The Morgan fingerprint density at radius 1 is 1.55 bits per heavy atom. The third-order valence-electron chi connectivity index (χ3n) is 1.85. The quantitative estimate of drug-likeness (QED) is 0.638. The maximum atomic E-state index is 10.7. The average Bonchev–Trinajstić information content (AvgIpc) is 2.40. The molecule has 0 radical (unpaired) electrons. The lowest BCUT2D eigenvalue weighted by Crippen LogP contribution is -2.41. The number of rotatable bonds is 3. The lowest BCUT2D eigenvalue weighted by molar-refractivity contribution is 0.0932. The van der Waals surface area contributed by atoms with E-state index in [0.29, 0.717) is 6.54 Å². The molecule has 1 aliphatic rings. The Labute approximate surface area is 69.6 Å². The van der Waals surface area contributed by atoms with Crippen LogP contribution >= 0.6 is 0 Å². The van der Waals surface area contributed by atoms with Crippen LogP contribution in [0.3, 0.4) is 0 Å². The molecule has 1 atom stereocenters. The topological polar surface area (TPSA) is 43.8 Å². The van der Waals surface area contributed by atoms with Crippen molar-refractivity contribution in [2.75, 3.05) is 19.6 Å². The third kappa shape index (κ3) is 2.23. The largest absolute Gasteiger partial charge is 0.293 e. The molecule has 0 spiro atoms. The SMILES string of the molecule is CCN(N1CCCC1)S(=O)O. The van der Waals surface area contributed by atoms with Crippen molar-refractivity contribution in [2.24, 2.45) is 0 Å². The molecule has 66 valence electrons. The molecule has 0 saturated carbocycles. The van der Waals surface area contributed by atoms with Crippen molar-refractivity contribution in [1.82, 2.24) is 9.42 Å². The fraction of sp³-hybridized carbons (Fsp3) is 1.00. The van der Waals surface area contributed by atoms with Gasteiger partial charge in [-0.1, -0.05) is 0 Å². The Kier molecular flexibility index (Phi) is 3.45. The van der Waals surface area contributed by atoms with Crippen LogP contribution in [0.1, 0.15) is 19.8 Å². The van der Waals surface area contributed by atoms with Gasteiger partial charge in [0.05, 0.1) is 0 Å². The van der Waals surface area contributed by atoms with Crippen LogP contribution in [0.15, 0.2) is 0 Å². The van der Waals surface area contributed by atoms with Gasteiger partial charge in [-0.15, -0.1) is 4.41 Å². The zero-order chi connectivity index (χ0) is 8.27. The van der Waals surface area contributed by atoms with Gasteiger partial charge in [-0.05, 0) is 19.8 Å². The summed E-state index contributed by atoms with van der Waals surface area (Å²) in [5, 5.41) is 1.94. The van der Waals surface area contributed by atoms with Crippen molar-refractivity contribution in [3.63, 3.8) is 0 Å². The van der Waals surface area contributed by atoms with Crippen LogP contribution in [0.25, 0.3) is 0 Å². The summed E-state index contributed by atoms with van der Waals surface area (Å²) in [6.45, 7) is 4.32. The Morgan fingerprint density at radius 3 is 2.45 bits per heavy atom. The van der Waals surface area contributed by atoms with Gasteiger partial charge in [0.2, 0.25) is 11.3 Å². The zero-order valence-corrected chi connectivity index (χ0v) is 7.51. The normalized spacial score (nSPS) is 22.8. The predicted octanol–water partition coefficient (Wildman–Crippen LogP) is 0.456. The van der Waals surface area contributed by atoms with E-state index in [9.17, 15) is 4.21 Å². The Morgan fingerprint density at radius 2 is 2.09 bits per heavy atom. The molecule has 1 saturated heterocycles. The lowest BCUT2D eigenvalue weighted by Gasteiger charge is -2.25. The molecular formula is C6H14N2O2S. The van der Waals surface area contributed by atoms with E-state index in [2.05, 4.69) is 0 Å². The molecule has 5 heteroatoms. The molecule has 1 N–H and O–H groups in total. The molecule has 0 aromatic carbocycles. The average molecular weight is 178 g/mol. The second-order valence-corrected chi connectivity index (χ2v) is 3.44. The summed E-state index contributed by atoms with van der Waals surface area (Å²) in [6, 6.07) is 0. The summed E-state index contributed by atoms with van der Waals surface area (Å²) in [5.41, 5.74) is 0. The summed E-state index contributed by atoms with van der Waals surface area (Å²) in [6.07, 6.45) is 2.27. The molecule has 4 nitrogen and oxygen atoms in total. The summed E-state index contributed by atoms with van der Waals surface area (Å²) < 4.78 is 21.0. The van der Waals surface area contributed by atoms with Gasteiger partial charge in [-0.3, -0.25) is 4.55 Å². The summed E-state index contributed by atoms with van der Waals surface area (Å²) in [5.74, 6) is 0. The van der Waals surface area contributed by atoms with Crippen molar-refractivity contribution in [3.8, 4) is 0 Å². The summed E-state index contributed by atoms with van der Waals surface area (Å²) >= 11 is -1.83. The highest BCUT2D eigenvalue weighted by Crippen LogP contribution is 2.11. The standard InChI is InChI=1S/C6H14N2O2S/c1-2-8(11(9)10)7-5-3-4-6-7/h2-6H2,1H3,(H,9,10). The highest BCUT2D eigenvalue weighted by molar-refractivity contribution is 7.76. The minimum Gasteiger partial charge on any atom is -0.293 e. The molecule has 1 rings (SSSR count). The number of hydrogen-bond acceptors (Lipinski definition) is 2. The van der Waals surface area contributed by atoms with Gasteiger partial charge in [0, 0.05) is 19.6 Å². The first kappa shape index (κ1) is 9.12. The molecule has 1 aliphatic heterocycles. The minimum atomic E-state index is -1.83. The van der Waals surface area contributed by atoms with Crippen molar-refractivity contribution >= 4 is 11.3 Å². The summed E-state index contributed by atoms with van der Waals surface area (Å²) in [4.78, 5) is 0. The maximum Gasteiger partial charge on any atom is 0.248 e. The lowest BCUT2D eigenvalue weighted by atomic mass is 10.4. The number of hydrogen-bond donors (Lipinski definition) is 1. The first-order valence-corrected chi connectivity index (χ1v) is 4.95. The van der Waals surface area contributed by atoms with Gasteiger partial charge < -0.3 is 0 Å². The second kappa shape index (κ2) is 4.15. The molecule has 0 aromatic rings. The molecule has 0 bridgehead atoms. The van der Waals surface area contributed by atoms with Gasteiger partial charge in [0.15, 0.2) is 0 Å². The number of nitrogens with zero attached hydrogens (tertiary/aromatic N) is 2. The molecule has 0 amide bonds. The number of hydrazine groups is 1. The minimum absolute atomic E-state index is 0.600. The first-order valence-electron chi connectivity index (χ1n) is 3.89. The van der Waals surface area contributed by atoms with Crippen LogP contribution in [0, 0.1) is 0 Å². The molecule has 1 unspecified atom stereocenters. The van der Waals surface area contributed by atoms with E-state index >= 15 is 0 Å². The highest BCUT2D eigenvalue weighted by atomic mass is 32.2. The highest BCUT2D eigenvalue weighted by Gasteiger charge is 2.21. The van der Waals surface area contributed by atoms with E-state index < -0.39 is 11.3 Å². The van der Waals surface area contributed by atoms with Gasteiger partial charge in [0.1, 0.15) is 0 Å². The van der Waals surface area contributed by atoms with E-state index in [-0.39, 0.29) is 0 Å². The van der Waals surface area contributed by atoms with Crippen LogP contribution in [0.2, 0.25) is 0 Å². The monoisotopic (exact) mass is 178 g/mol. The van der Waals surface area contributed by atoms with Crippen molar-refractivity contribution in [3.05, 3.63) is 0 Å². The maximum absolute atomic E-state index is 10.7. The van der Waals surface area contributed by atoms with Gasteiger partial charge >= 0.3 is 0 Å². The fourth-order valence-corrected chi connectivity index (χ4v) is 1.91. The van der Waals surface area contributed by atoms with Crippen molar-refractivity contribution in [1.29, 1.82) is 0 Å². The summed E-state index contributed by atoms with van der Waals surface area (Å²) in [7, 11) is 0. The van der Waals surface area contributed by atoms with E-state index in [4.69, 9.17) is 4.55 Å². The molecular weight excluding hydrogens is 164 g/mol. The Bertz CT molecular complexity index is 148. The van der Waals surface area contributed by atoms with Crippen LogP contribution in [0.4, 0.5) is 0 Å². The molecule has 1 heterocycles. The van der Waals surface area contributed by atoms with E-state index in [1.54, 1.807) is 0 Å². The Hall–Kier alpha value is 0.0300. The first-order chi connectivity index (χ1) is 5.25. The van der Waals surface area contributed by atoms with Crippen LogP contribution in [-0.2, 0) is 11.3 Å². The van der Waals surface area contributed by atoms with E-state index in [1.165, 1.54) is 4.41 Å². The van der Waals surface area contributed by atoms with Crippen LogP contribution in [-0.4, -0.2) is 37.8 Å². The van der Waals surface area contributed by atoms with Gasteiger partial charge in [-0.2, -0.15) is 0 Å².